The number of carbonyl (C=O) groups is 1. The second kappa shape index (κ2) is 5.87. The van der Waals surface area contributed by atoms with Crippen molar-refractivity contribution in [2.75, 3.05) is 11.9 Å². The summed E-state index contributed by atoms with van der Waals surface area (Å²) < 4.78 is 31.8. The van der Waals surface area contributed by atoms with E-state index in [1.54, 1.807) is 5.38 Å². The molecule has 0 spiro atoms. The maximum Gasteiger partial charge on any atom is 0.275 e. The quantitative estimate of drug-likeness (QED) is 0.943. The highest BCUT2D eigenvalue weighted by atomic mass is 32.1. The lowest BCUT2D eigenvalue weighted by atomic mass is 10.2. The number of benzene rings is 1. The molecule has 0 saturated carbocycles. The van der Waals surface area contributed by atoms with E-state index in [4.69, 9.17) is 4.74 Å². The molecule has 1 aliphatic heterocycles. The van der Waals surface area contributed by atoms with Crippen LogP contribution in [-0.4, -0.2) is 17.5 Å². The largest absolute Gasteiger partial charge is 0.371 e. The first-order valence-electron chi connectivity index (χ1n) is 6.47. The standard InChI is InChI=1S/C14H12F2N2O2S/c15-8-3-4-10(9(16)6-8)17-13(19)11-7-21-14(18-11)12-2-1-5-20-12/h3-4,6-7,12H,1-2,5H2,(H,17,19). The summed E-state index contributed by atoms with van der Waals surface area (Å²) in [7, 11) is 0. The first-order chi connectivity index (χ1) is 10.1. The number of anilines is 1. The van der Waals surface area contributed by atoms with Crippen LogP contribution in [0.15, 0.2) is 23.6 Å². The Morgan fingerprint density at radius 2 is 2.29 bits per heavy atom. The highest BCUT2D eigenvalue weighted by molar-refractivity contribution is 7.09. The van der Waals surface area contributed by atoms with Crippen LogP contribution in [-0.2, 0) is 4.74 Å². The van der Waals surface area contributed by atoms with Gasteiger partial charge in [0.25, 0.3) is 5.91 Å². The lowest BCUT2D eigenvalue weighted by Gasteiger charge is -2.05. The molecule has 1 aliphatic rings. The number of aromatic nitrogens is 1. The summed E-state index contributed by atoms with van der Waals surface area (Å²) in [5, 5.41) is 4.73. The Morgan fingerprint density at radius 3 is 3.00 bits per heavy atom. The molecule has 2 heterocycles. The van der Waals surface area contributed by atoms with E-state index in [0.717, 1.165) is 23.9 Å². The van der Waals surface area contributed by atoms with Gasteiger partial charge in [-0.2, -0.15) is 0 Å². The van der Waals surface area contributed by atoms with E-state index >= 15 is 0 Å². The average molecular weight is 310 g/mol. The maximum absolute atomic E-state index is 13.5. The van der Waals surface area contributed by atoms with Gasteiger partial charge in [0.1, 0.15) is 28.4 Å². The first kappa shape index (κ1) is 14.1. The van der Waals surface area contributed by atoms with Crippen LogP contribution in [0.5, 0.6) is 0 Å². The fraction of sp³-hybridized carbons (Fsp3) is 0.286. The predicted octanol–water partition coefficient (Wildman–Crippen LogP) is 3.53. The first-order valence-corrected chi connectivity index (χ1v) is 7.35. The van der Waals surface area contributed by atoms with Gasteiger partial charge in [0.2, 0.25) is 0 Å². The minimum absolute atomic E-state index is 0.0564. The molecule has 1 unspecified atom stereocenters. The SMILES string of the molecule is O=C(Nc1ccc(F)cc1F)c1csc(C2CCCO2)n1. The minimum atomic E-state index is -0.821. The summed E-state index contributed by atoms with van der Waals surface area (Å²) >= 11 is 1.34. The molecule has 1 N–H and O–H groups in total. The van der Waals surface area contributed by atoms with Crippen molar-refractivity contribution in [1.29, 1.82) is 0 Å². The summed E-state index contributed by atoms with van der Waals surface area (Å²) in [6, 6.07) is 2.97. The fourth-order valence-electron chi connectivity index (χ4n) is 2.09. The van der Waals surface area contributed by atoms with E-state index in [1.807, 2.05) is 0 Å². The molecule has 2 aromatic rings. The van der Waals surface area contributed by atoms with Gasteiger partial charge in [-0.05, 0) is 25.0 Å². The number of amides is 1. The summed E-state index contributed by atoms with van der Waals surface area (Å²) in [6.07, 6.45) is 1.81. The fourth-order valence-corrected chi connectivity index (χ4v) is 2.97. The van der Waals surface area contributed by atoms with Crippen molar-refractivity contribution in [3.63, 3.8) is 0 Å². The summed E-state index contributed by atoms with van der Waals surface area (Å²) in [6.45, 7) is 0.701. The van der Waals surface area contributed by atoms with E-state index in [0.29, 0.717) is 12.7 Å². The predicted molar refractivity (Wildman–Crippen MR) is 74.4 cm³/mol. The lowest BCUT2D eigenvalue weighted by Crippen LogP contribution is -2.13. The number of hydrogen-bond donors (Lipinski definition) is 1. The molecule has 21 heavy (non-hydrogen) atoms. The molecule has 3 rings (SSSR count). The van der Waals surface area contributed by atoms with Gasteiger partial charge < -0.3 is 10.1 Å². The Hall–Kier alpha value is -1.86. The van der Waals surface area contributed by atoms with E-state index in [-0.39, 0.29) is 17.5 Å². The Labute approximate surface area is 123 Å². The topological polar surface area (TPSA) is 51.2 Å². The van der Waals surface area contributed by atoms with Crippen molar-refractivity contribution in [1.82, 2.24) is 4.98 Å². The number of nitrogens with one attached hydrogen (secondary N) is 1. The second-order valence-electron chi connectivity index (χ2n) is 4.65. The van der Waals surface area contributed by atoms with E-state index in [2.05, 4.69) is 10.3 Å². The molecule has 1 saturated heterocycles. The molecule has 1 amide bonds. The van der Waals surface area contributed by atoms with Crippen LogP contribution in [0.4, 0.5) is 14.5 Å². The number of halogens is 2. The van der Waals surface area contributed by atoms with Crippen molar-refractivity contribution in [3.8, 4) is 0 Å². The van der Waals surface area contributed by atoms with Gasteiger partial charge in [-0.15, -0.1) is 11.3 Å². The van der Waals surface area contributed by atoms with E-state index in [1.165, 1.54) is 17.4 Å². The van der Waals surface area contributed by atoms with E-state index in [9.17, 15) is 13.6 Å². The van der Waals surface area contributed by atoms with Gasteiger partial charge in [0.05, 0.1) is 5.69 Å². The number of rotatable bonds is 3. The monoisotopic (exact) mass is 310 g/mol. The van der Waals surface area contributed by atoms with Crippen molar-refractivity contribution in [2.45, 2.75) is 18.9 Å². The van der Waals surface area contributed by atoms with Crippen LogP contribution in [0, 0.1) is 11.6 Å². The highest BCUT2D eigenvalue weighted by Crippen LogP contribution is 2.30. The van der Waals surface area contributed by atoms with Gasteiger partial charge in [-0.1, -0.05) is 0 Å². The molecule has 1 aromatic heterocycles. The van der Waals surface area contributed by atoms with Crippen LogP contribution < -0.4 is 5.32 Å². The number of nitrogens with zero attached hydrogens (tertiary/aromatic N) is 1. The number of carbonyl (C=O) groups excluding carboxylic acids is 1. The zero-order valence-electron chi connectivity index (χ0n) is 10.9. The molecule has 1 fully saturated rings. The third-order valence-corrected chi connectivity index (χ3v) is 4.08. The Balaban J connectivity index is 1.73. The molecule has 1 aromatic carbocycles. The van der Waals surface area contributed by atoms with Crippen LogP contribution in [0.3, 0.4) is 0 Å². The average Bonchev–Trinajstić information content (AvgIpc) is 3.10. The molecule has 0 radical (unpaired) electrons. The lowest BCUT2D eigenvalue weighted by molar-refractivity contribution is 0.101. The number of thiazole rings is 1. The number of ether oxygens (including phenoxy) is 1. The molecule has 7 heteroatoms. The van der Waals surface area contributed by atoms with Gasteiger partial charge in [-0.3, -0.25) is 4.79 Å². The summed E-state index contributed by atoms with van der Waals surface area (Å²) in [5.74, 6) is -2.04. The molecular weight excluding hydrogens is 298 g/mol. The molecule has 0 bridgehead atoms. The molecule has 0 aliphatic carbocycles. The maximum atomic E-state index is 13.5. The van der Waals surface area contributed by atoms with Gasteiger partial charge in [0, 0.05) is 18.1 Å². The van der Waals surface area contributed by atoms with Crippen LogP contribution in [0.1, 0.15) is 34.4 Å². The Morgan fingerprint density at radius 1 is 1.43 bits per heavy atom. The molecule has 110 valence electrons. The normalized spacial score (nSPS) is 17.9. The van der Waals surface area contributed by atoms with Crippen molar-refractivity contribution in [2.24, 2.45) is 0 Å². The second-order valence-corrected chi connectivity index (χ2v) is 5.54. The third-order valence-electron chi connectivity index (χ3n) is 3.14. The van der Waals surface area contributed by atoms with Gasteiger partial charge >= 0.3 is 0 Å². The minimum Gasteiger partial charge on any atom is -0.371 e. The summed E-state index contributed by atoms with van der Waals surface area (Å²) in [4.78, 5) is 16.2. The van der Waals surface area contributed by atoms with Crippen molar-refractivity contribution < 1.29 is 18.3 Å². The van der Waals surface area contributed by atoms with Crippen molar-refractivity contribution >= 4 is 22.9 Å². The third kappa shape index (κ3) is 3.08. The van der Waals surface area contributed by atoms with Crippen molar-refractivity contribution in [3.05, 3.63) is 45.9 Å². The Bertz CT molecular complexity index is 669. The van der Waals surface area contributed by atoms with Gasteiger partial charge in [0.15, 0.2) is 0 Å². The van der Waals surface area contributed by atoms with Crippen LogP contribution in [0.25, 0.3) is 0 Å². The highest BCUT2D eigenvalue weighted by Gasteiger charge is 2.22. The van der Waals surface area contributed by atoms with E-state index < -0.39 is 17.5 Å². The zero-order chi connectivity index (χ0) is 14.8. The summed E-state index contributed by atoms with van der Waals surface area (Å²) in [5.41, 5.74) is 0.127. The molecular formula is C14H12F2N2O2S. The number of hydrogen-bond acceptors (Lipinski definition) is 4. The molecule has 4 nitrogen and oxygen atoms in total. The zero-order valence-corrected chi connectivity index (χ0v) is 11.8. The smallest absolute Gasteiger partial charge is 0.275 e. The van der Waals surface area contributed by atoms with Crippen LogP contribution >= 0.6 is 11.3 Å². The Kier molecular flexibility index (Phi) is 3.94. The molecule has 1 atom stereocenters. The van der Waals surface area contributed by atoms with Gasteiger partial charge in [-0.25, -0.2) is 13.8 Å². The van der Waals surface area contributed by atoms with Crippen LogP contribution in [0.2, 0.25) is 0 Å².